The summed E-state index contributed by atoms with van der Waals surface area (Å²) in [6, 6.07) is 12.9. The lowest BCUT2D eigenvalue weighted by molar-refractivity contribution is 0.466. The zero-order chi connectivity index (χ0) is 18.1. The summed E-state index contributed by atoms with van der Waals surface area (Å²) in [7, 11) is 0. The maximum absolute atomic E-state index is 11.6. The van der Waals surface area contributed by atoms with Gasteiger partial charge in [-0.2, -0.15) is 0 Å². The lowest BCUT2D eigenvalue weighted by Gasteiger charge is -2.34. The summed E-state index contributed by atoms with van der Waals surface area (Å²) in [5, 5.41) is 3.67. The first-order valence-electron chi connectivity index (χ1n) is 9.52. The number of hydrogen-bond acceptors (Lipinski definition) is 5. The van der Waals surface area contributed by atoms with Gasteiger partial charge in [0.1, 0.15) is 0 Å². The minimum atomic E-state index is 0.0461. The standard InChI is InChI=1S/C18H17N3OS.C3H8/c22-14-4-6-16-18(8-14)23-17-7-13(3-5-15(17)20-16)21-9-11-1-2-12(10-21)19-11;1-3-2/h3-8,11-12,19H,1-2,9-10H2;3H2,1-2H3/t11-,12+;. The number of hydrogen-bond donors (Lipinski definition) is 1. The van der Waals surface area contributed by atoms with Gasteiger partial charge in [0.15, 0.2) is 5.43 Å². The van der Waals surface area contributed by atoms with Crippen molar-refractivity contribution in [2.75, 3.05) is 18.0 Å². The number of fused-ring (bicyclic) bond motifs is 4. The van der Waals surface area contributed by atoms with Crippen LogP contribution in [0.15, 0.2) is 41.2 Å². The smallest absolute Gasteiger partial charge is 0.180 e. The third kappa shape index (κ3) is 3.46. The molecule has 4 nitrogen and oxygen atoms in total. The average molecular weight is 368 g/mol. The number of nitrogens with zero attached hydrogens (tertiary/aromatic N) is 2. The number of nitrogens with one attached hydrogen (secondary N) is 1. The third-order valence-electron chi connectivity index (χ3n) is 4.92. The van der Waals surface area contributed by atoms with Crippen LogP contribution in [0.1, 0.15) is 33.1 Å². The molecule has 2 atom stereocenters. The predicted molar refractivity (Wildman–Crippen MR) is 111 cm³/mol. The van der Waals surface area contributed by atoms with Crippen molar-refractivity contribution in [3.8, 4) is 10.6 Å². The third-order valence-corrected chi connectivity index (χ3v) is 6.01. The Balaban J connectivity index is 0.000000527. The molecule has 5 rings (SSSR count). The van der Waals surface area contributed by atoms with Crippen molar-refractivity contribution in [3.63, 3.8) is 0 Å². The fourth-order valence-corrected chi connectivity index (χ4v) is 4.83. The van der Waals surface area contributed by atoms with Gasteiger partial charge in [0.05, 0.1) is 20.8 Å². The molecular formula is C21H25N3OS. The first-order valence-corrected chi connectivity index (χ1v) is 10.3. The summed E-state index contributed by atoms with van der Waals surface area (Å²) in [6.07, 6.45) is 3.83. The molecule has 5 heteroatoms. The van der Waals surface area contributed by atoms with E-state index >= 15 is 0 Å². The van der Waals surface area contributed by atoms with Gasteiger partial charge in [-0.15, -0.1) is 11.3 Å². The fourth-order valence-electron chi connectivity index (χ4n) is 3.80. The number of benzene rings is 2. The van der Waals surface area contributed by atoms with Crippen LogP contribution in [0.25, 0.3) is 20.8 Å². The molecule has 26 heavy (non-hydrogen) atoms. The normalized spacial score (nSPS) is 21.7. The van der Waals surface area contributed by atoms with E-state index in [1.807, 2.05) is 6.07 Å². The number of rotatable bonds is 1. The Hall–Kier alpha value is -1.98. The van der Waals surface area contributed by atoms with Crippen LogP contribution in [0.2, 0.25) is 0 Å². The molecule has 3 heterocycles. The summed E-state index contributed by atoms with van der Waals surface area (Å²) in [5.74, 6) is 0. The molecule has 3 aliphatic heterocycles. The molecule has 1 N–H and O–H groups in total. The Labute approximate surface area is 158 Å². The predicted octanol–water partition coefficient (Wildman–Crippen LogP) is 4.12. The highest BCUT2D eigenvalue weighted by molar-refractivity contribution is 7.21. The highest BCUT2D eigenvalue weighted by atomic mass is 32.1. The van der Waals surface area contributed by atoms with Gasteiger partial charge in [0.25, 0.3) is 0 Å². The molecule has 0 radical (unpaired) electrons. The van der Waals surface area contributed by atoms with Gasteiger partial charge in [-0.25, -0.2) is 4.98 Å². The summed E-state index contributed by atoms with van der Waals surface area (Å²) in [4.78, 5) is 19.7. The second kappa shape index (κ2) is 7.33. The van der Waals surface area contributed by atoms with Crippen molar-refractivity contribution in [3.05, 3.63) is 46.6 Å². The average Bonchev–Trinajstić information content (AvgIpc) is 2.98. The maximum Gasteiger partial charge on any atom is 0.180 e. The van der Waals surface area contributed by atoms with E-state index in [2.05, 4.69) is 47.2 Å². The molecule has 0 saturated carbocycles. The summed E-state index contributed by atoms with van der Waals surface area (Å²) in [6.45, 7) is 6.41. The van der Waals surface area contributed by atoms with Crippen molar-refractivity contribution in [2.45, 2.75) is 45.2 Å². The summed E-state index contributed by atoms with van der Waals surface area (Å²) < 4.78 is 1.14. The summed E-state index contributed by atoms with van der Waals surface area (Å²) >= 11 is 1.66. The molecule has 2 bridgehead atoms. The van der Waals surface area contributed by atoms with Crippen molar-refractivity contribution in [1.82, 2.24) is 10.3 Å². The zero-order valence-corrected chi connectivity index (χ0v) is 16.2. The van der Waals surface area contributed by atoms with E-state index in [4.69, 9.17) is 0 Å². The van der Waals surface area contributed by atoms with Crippen molar-refractivity contribution < 1.29 is 0 Å². The molecule has 0 amide bonds. The van der Waals surface area contributed by atoms with Crippen LogP contribution < -0.4 is 15.6 Å². The van der Waals surface area contributed by atoms with Gasteiger partial charge in [-0.05, 0) is 43.2 Å². The van der Waals surface area contributed by atoms with E-state index in [0.717, 1.165) is 33.9 Å². The Kier molecular flexibility index (Phi) is 4.92. The molecule has 2 fully saturated rings. The minimum absolute atomic E-state index is 0.0461. The van der Waals surface area contributed by atoms with E-state index in [1.165, 1.54) is 24.9 Å². The van der Waals surface area contributed by atoms with Gasteiger partial charge in [0.2, 0.25) is 0 Å². The Morgan fingerprint density at radius 1 is 1.12 bits per heavy atom. The molecule has 0 aromatic heterocycles. The van der Waals surface area contributed by atoms with Gasteiger partial charge in [0, 0.05) is 36.9 Å². The number of anilines is 1. The first-order chi connectivity index (χ1) is 12.7. The van der Waals surface area contributed by atoms with Crippen LogP contribution in [-0.4, -0.2) is 30.2 Å². The van der Waals surface area contributed by atoms with Crippen molar-refractivity contribution >= 4 is 27.2 Å². The van der Waals surface area contributed by atoms with Crippen LogP contribution in [-0.2, 0) is 0 Å². The van der Waals surface area contributed by atoms with Crippen LogP contribution >= 0.6 is 11.3 Å². The fraction of sp³-hybridized carbons (Fsp3) is 0.429. The van der Waals surface area contributed by atoms with Gasteiger partial charge >= 0.3 is 0 Å². The van der Waals surface area contributed by atoms with Crippen LogP contribution in [0.4, 0.5) is 5.69 Å². The molecular weight excluding hydrogens is 342 g/mol. The zero-order valence-electron chi connectivity index (χ0n) is 15.4. The molecule has 1 aromatic carbocycles. The Morgan fingerprint density at radius 3 is 2.58 bits per heavy atom. The molecule has 1 aliphatic carbocycles. The minimum Gasteiger partial charge on any atom is -0.368 e. The van der Waals surface area contributed by atoms with E-state index < -0.39 is 0 Å². The molecule has 2 saturated heterocycles. The van der Waals surface area contributed by atoms with Crippen molar-refractivity contribution in [2.24, 2.45) is 0 Å². The molecule has 0 unspecified atom stereocenters. The topological polar surface area (TPSA) is 45.2 Å². The number of aromatic nitrogens is 1. The summed E-state index contributed by atoms with van der Waals surface area (Å²) in [5.41, 5.74) is 3.22. The van der Waals surface area contributed by atoms with Gasteiger partial charge in [-0.3, -0.25) is 4.79 Å². The Bertz CT molecular complexity index is 926. The monoisotopic (exact) mass is 367 g/mol. The van der Waals surface area contributed by atoms with Crippen molar-refractivity contribution in [1.29, 1.82) is 0 Å². The lowest BCUT2D eigenvalue weighted by atomic mass is 10.2. The lowest BCUT2D eigenvalue weighted by Crippen LogP contribution is -2.51. The largest absolute Gasteiger partial charge is 0.368 e. The highest BCUT2D eigenvalue weighted by Gasteiger charge is 2.32. The van der Waals surface area contributed by atoms with Gasteiger partial charge < -0.3 is 10.2 Å². The molecule has 0 spiro atoms. The van der Waals surface area contributed by atoms with Crippen LogP contribution in [0.5, 0.6) is 0 Å². The molecule has 4 aliphatic rings. The molecule has 1 aromatic rings. The van der Waals surface area contributed by atoms with E-state index in [-0.39, 0.29) is 5.43 Å². The maximum atomic E-state index is 11.6. The quantitative estimate of drug-likeness (QED) is 0.657. The van der Waals surface area contributed by atoms with Crippen LogP contribution in [0.3, 0.4) is 0 Å². The van der Waals surface area contributed by atoms with Gasteiger partial charge in [-0.1, -0.05) is 20.3 Å². The van der Waals surface area contributed by atoms with Crippen LogP contribution in [0, 0.1) is 0 Å². The second-order valence-corrected chi connectivity index (χ2v) is 8.33. The second-order valence-electron chi connectivity index (χ2n) is 7.25. The first kappa shape index (κ1) is 17.4. The Morgan fingerprint density at radius 2 is 1.85 bits per heavy atom. The number of piperazine rings is 1. The SMILES string of the molecule is CCC.O=c1ccc2nc3ccc(N4C[C@H]5CC[C@@H](C4)N5)cc3sc-2c1. The van der Waals surface area contributed by atoms with E-state index in [1.54, 1.807) is 23.5 Å². The van der Waals surface area contributed by atoms with E-state index in [9.17, 15) is 4.79 Å². The van der Waals surface area contributed by atoms with E-state index in [0.29, 0.717) is 12.1 Å². The highest BCUT2D eigenvalue weighted by Crippen LogP contribution is 2.33. The molecule has 136 valence electrons.